The first-order chi connectivity index (χ1) is 13.0. The molecule has 0 spiro atoms. The molecular formula is C19H21BN2O6. The van der Waals surface area contributed by atoms with Crippen LogP contribution in [0.1, 0.15) is 33.8 Å². The molecule has 0 unspecified atom stereocenters. The fraction of sp³-hybridized carbons (Fsp3) is 0.316. The Labute approximate surface area is 162 Å². The van der Waals surface area contributed by atoms with Gasteiger partial charge in [0.2, 0.25) is 0 Å². The van der Waals surface area contributed by atoms with E-state index in [0.717, 1.165) is 5.56 Å². The second kappa shape index (κ2) is 7.89. The van der Waals surface area contributed by atoms with E-state index in [4.69, 9.17) is 9.39 Å². The molecule has 3 heterocycles. The van der Waals surface area contributed by atoms with E-state index in [9.17, 15) is 19.7 Å². The average molecular weight is 384 g/mol. The zero-order valence-electron chi connectivity index (χ0n) is 14.4. The molecule has 0 saturated carbocycles. The largest absolute Gasteiger partial charge is 0.535 e. The van der Waals surface area contributed by atoms with Gasteiger partial charge in [-0.05, 0) is 36.5 Å². The summed E-state index contributed by atoms with van der Waals surface area (Å²) in [4.78, 5) is 29.6. The molecule has 0 atom stereocenters. The molecule has 4 rings (SSSR count). The van der Waals surface area contributed by atoms with E-state index in [1.807, 2.05) is 0 Å². The molecule has 1 aromatic heterocycles. The van der Waals surface area contributed by atoms with Crippen LogP contribution in [0.2, 0.25) is 6.32 Å². The third-order valence-electron chi connectivity index (χ3n) is 4.64. The summed E-state index contributed by atoms with van der Waals surface area (Å²) in [5.74, 6) is -1.05. The number of likely N-dealkylation sites (tertiary alicyclic amines) is 1. The maximum atomic E-state index is 12.3. The number of hydrogen-bond acceptors (Lipinski definition) is 6. The van der Waals surface area contributed by atoms with Crippen molar-refractivity contribution in [3.05, 3.63) is 53.3 Å². The molecule has 9 heteroatoms. The summed E-state index contributed by atoms with van der Waals surface area (Å²) in [6.45, 7) is 0.685. The SMILES string of the molecule is C.O=C(O)c1c(OC2CN(C(=O)c3ccccn3)C2)ccc2c1OB(O)CC2. The fourth-order valence-electron chi connectivity index (χ4n) is 3.22. The van der Waals surface area contributed by atoms with Crippen LogP contribution in [0.25, 0.3) is 0 Å². The van der Waals surface area contributed by atoms with Gasteiger partial charge in [-0.1, -0.05) is 19.6 Å². The molecule has 28 heavy (non-hydrogen) atoms. The normalized spacial score (nSPS) is 15.6. The number of ether oxygens (including phenoxy) is 1. The zero-order valence-corrected chi connectivity index (χ0v) is 14.4. The van der Waals surface area contributed by atoms with Gasteiger partial charge in [0.25, 0.3) is 5.91 Å². The highest BCUT2D eigenvalue weighted by molar-refractivity contribution is 6.44. The third kappa shape index (κ3) is 3.66. The molecular weight excluding hydrogens is 363 g/mol. The Morgan fingerprint density at radius 1 is 1.25 bits per heavy atom. The van der Waals surface area contributed by atoms with Crippen LogP contribution in [0.4, 0.5) is 0 Å². The van der Waals surface area contributed by atoms with E-state index in [-0.39, 0.29) is 36.5 Å². The Morgan fingerprint density at radius 3 is 2.71 bits per heavy atom. The molecule has 1 aromatic carbocycles. The number of nitrogens with zero attached hydrogens (tertiary/aromatic N) is 2. The van der Waals surface area contributed by atoms with Crippen LogP contribution < -0.4 is 9.39 Å². The number of amides is 1. The number of benzene rings is 1. The summed E-state index contributed by atoms with van der Waals surface area (Å²) >= 11 is 0. The van der Waals surface area contributed by atoms with E-state index in [0.29, 0.717) is 31.5 Å². The zero-order chi connectivity index (χ0) is 19.0. The number of aromatic carboxylic acids is 1. The lowest BCUT2D eigenvalue weighted by Crippen LogP contribution is -2.56. The lowest BCUT2D eigenvalue weighted by atomic mass is 9.78. The molecule has 2 N–H and O–H groups in total. The molecule has 1 fully saturated rings. The lowest BCUT2D eigenvalue weighted by molar-refractivity contribution is 0.0165. The number of carbonyl (C=O) groups is 2. The number of aryl methyl sites for hydroxylation is 1. The summed E-state index contributed by atoms with van der Waals surface area (Å²) in [6, 6.07) is 8.48. The van der Waals surface area contributed by atoms with E-state index in [2.05, 4.69) is 4.98 Å². The van der Waals surface area contributed by atoms with Crippen LogP contribution in [-0.2, 0) is 6.42 Å². The van der Waals surface area contributed by atoms with Crippen molar-refractivity contribution in [1.82, 2.24) is 9.88 Å². The highest BCUT2D eigenvalue weighted by Crippen LogP contribution is 2.37. The van der Waals surface area contributed by atoms with Gasteiger partial charge in [-0.2, -0.15) is 0 Å². The van der Waals surface area contributed by atoms with Crippen LogP contribution in [0.3, 0.4) is 0 Å². The predicted octanol–water partition coefficient (Wildman–Crippen LogP) is 1.73. The van der Waals surface area contributed by atoms with Crippen LogP contribution in [0.15, 0.2) is 36.5 Å². The molecule has 0 bridgehead atoms. The molecule has 2 aromatic rings. The van der Waals surface area contributed by atoms with E-state index in [1.165, 1.54) is 0 Å². The highest BCUT2D eigenvalue weighted by Gasteiger charge is 2.36. The fourth-order valence-corrected chi connectivity index (χ4v) is 3.22. The third-order valence-corrected chi connectivity index (χ3v) is 4.64. The molecule has 146 valence electrons. The van der Waals surface area contributed by atoms with Crippen molar-refractivity contribution in [2.75, 3.05) is 13.1 Å². The minimum atomic E-state index is -1.18. The topological polar surface area (TPSA) is 109 Å². The summed E-state index contributed by atoms with van der Waals surface area (Å²) in [5, 5.41) is 19.3. The van der Waals surface area contributed by atoms with Gasteiger partial charge in [0.1, 0.15) is 28.9 Å². The number of carboxylic acids is 1. The summed E-state index contributed by atoms with van der Waals surface area (Å²) in [7, 11) is -1.03. The maximum Gasteiger partial charge on any atom is 0.522 e. The standard InChI is InChI=1S/C18H17BN2O6.CH4/c22-17(13-3-1-2-8-20-13)21-9-12(10-21)26-14-5-4-11-6-7-19(25)27-16(11)15(14)18(23)24;/h1-5,8,12,25H,6-7,9-10H2,(H,23,24);1H4. The first-order valence-corrected chi connectivity index (χ1v) is 8.64. The van der Waals surface area contributed by atoms with Gasteiger partial charge in [-0.3, -0.25) is 9.78 Å². The number of carboxylic acid groups (broad SMARTS) is 1. The summed E-state index contributed by atoms with van der Waals surface area (Å²) in [6.07, 6.45) is 2.19. The van der Waals surface area contributed by atoms with E-state index < -0.39 is 13.1 Å². The maximum absolute atomic E-state index is 12.3. The second-order valence-corrected chi connectivity index (χ2v) is 6.51. The van der Waals surface area contributed by atoms with Gasteiger partial charge in [0.05, 0.1) is 13.1 Å². The van der Waals surface area contributed by atoms with Crippen molar-refractivity contribution >= 4 is 19.0 Å². The lowest BCUT2D eigenvalue weighted by Gasteiger charge is -2.39. The van der Waals surface area contributed by atoms with Crippen LogP contribution in [0, 0.1) is 0 Å². The number of hydrogen-bond donors (Lipinski definition) is 2. The number of carbonyl (C=O) groups excluding carboxylic acids is 1. The Kier molecular flexibility index (Phi) is 5.55. The number of fused-ring (bicyclic) bond motifs is 1. The predicted molar refractivity (Wildman–Crippen MR) is 102 cm³/mol. The van der Waals surface area contributed by atoms with Gasteiger partial charge in [0, 0.05) is 6.20 Å². The van der Waals surface area contributed by atoms with Crippen molar-refractivity contribution in [3.63, 3.8) is 0 Å². The van der Waals surface area contributed by atoms with E-state index >= 15 is 0 Å². The number of pyridine rings is 1. The minimum Gasteiger partial charge on any atom is -0.535 e. The van der Waals surface area contributed by atoms with Crippen molar-refractivity contribution in [2.24, 2.45) is 0 Å². The van der Waals surface area contributed by atoms with Crippen molar-refractivity contribution < 1.29 is 29.1 Å². The van der Waals surface area contributed by atoms with Crippen LogP contribution in [-0.4, -0.2) is 58.2 Å². The van der Waals surface area contributed by atoms with Crippen LogP contribution >= 0.6 is 0 Å². The van der Waals surface area contributed by atoms with Crippen molar-refractivity contribution in [1.29, 1.82) is 0 Å². The quantitative estimate of drug-likeness (QED) is 0.773. The minimum absolute atomic E-state index is 0. The highest BCUT2D eigenvalue weighted by atomic mass is 16.5. The Hall–Kier alpha value is -3.07. The molecule has 0 aliphatic carbocycles. The van der Waals surface area contributed by atoms with Gasteiger partial charge in [0.15, 0.2) is 0 Å². The Morgan fingerprint density at radius 2 is 2.04 bits per heavy atom. The summed E-state index contributed by atoms with van der Waals surface area (Å²) < 4.78 is 11.1. The van der Waals surface area contributed by atoms with Crippen molar-refractivity contribution in [2.45, 2.75) is 26.3 Å². The molecule has 1 amide bonds. The Balaban J connectivity index is 0.00000225. The number of aromatic nitrogens is 1. The smallest absolute Gasteiger partial charge is 0.522 e. The van der Waals surface area contributed by atoms with Gasteiger partial charge in [-0.15, -0.1) is 0 Å². The first-order valence-electron chi connectivity index (χ1n) is 8.64. The number of rotatable bonds is 4. The molecule has 0 radical (unpaired) electrons. The summed E-state index contributed by atoms with van der Waals surface area (Å²) in [5.41, 5.74) is 0.990. The average Bonchev–Trinajstić information content (AvgIpc) is 2.63. The van der Waals surface area contributed by atoms with Crippen molar-refractivity contribution in [3.8, 4) is 11.5 Å². The van der Waals surface area contributed by atoms with Gasteiger partial charge >= 0.3 is 13.1 Å². The monoisotopic (exact) mass is 384 g/mol. The molecule has 1 saturated heterocycles. The first kappa shape index (κ1) is 19.7. The van der Waals surface area contributed by atoms with Crippen LogP contribution in [0.5, 0.6) is 11.5 Å². The second-order valence-electron chi connectivity index (χ2n) is 6.51. The van der Waals surface area contributed by atoms with Gasteiger partial charge < -0.3 is 24.4 Å². The molecule has 2 aliphatic heterocycles. The van der Waals surface area contributed by atoms with E-state index in [1.54, 1.807) is 41.4 Å². The molecule has 8 nitrogen and oxygen atoms in total. The Bertz CT molecular complexity index is 885. The van der Waals surface area contributed by atoms with Gasteiger partial charge in [-0.25, -0.2) is 4.79 Å². The molecule has 2 aliphatic rings.